The molecule has 0 fully saturated rings. The Morgan fingerprint density at radius 2 is 1.89 bits per heavy atom. The van der Waals surface area contributed by atoms with Crippen LogP contribution in [0, 0.1) is 0 Å². The number of carbonyl (C=O) groups excluding carboxylic acids is 1. The Balaban J connectivity index is 1.72. The average molecular weight is 397 g/mol. The van der Waals surface area contributed by atoms with E-state index in [-0.39, 0.29) is 5.91 Å². The smallest absolute Gasteiger partial charge is 0.287 e. The van der Waals surface area contributed by atoms with E-state index < -0.39 is 0 Å². The van der Waals surface area contributed by atoms with Crippen molar-refractivity contribution in [1.82, 2.24) is 19.7 Å². The molecule has 0 saturated carbocycles. The highest BCUT2D eigenvalue weighted by atomic mass is 35.5. The minimum absolute atomic E-state index is 0.278. The Labute approximate surface area is 165 Å². The lowest BCUT2D eigenvalue weighted by molar-refractivity contribution is 0.0940. The van der Waals surface area contributed by atoms with Gasteiger partial charge in [0.1, 0.15) is 0 Å². The van der Waals surface area contributed by atoms with Gasteiger partial charge >= 0.3 is 0 Å². The van der Waals surface area contributed by atoms with E-state index in [9.17, 15) is 4.79 Å². The van der Waals surface area contributed by atoms with Crippen molar-refractivity contribution >= 4 is 34.6 Å². The molecule has 0 aliphatic carbocycles. The lowest BCUT2D eigenvalue weighted by Gasteiger charge is -2.04. The third kappa shape index (κ3) is 3.65. The number of pyridine rings is 2. The molecule has 0 aliphatic heterocycles. The molecule has 1 amide bonds. The lowest BCUT2D eigenvalue weighted by atomic mass is 10.1. The monoisotopic (exact) mass is 396 g/mol. The molecule has 0 unspecified atom stereocenters. The van der Waals surface area contributed by atoms with E-state index in [0.717, 1.165) is 16.6 Å². The van der Waals surface area contributed by atoms with Crippen LogP contribution >= 0.6 is 23.2 Å². The van der Waals surface area contributed by atoms with Gasteiger partial charge in [0, 0.05) is 40.7 Å². The number of halogens is 2. The molecule has 3 aromatic heterocycles. The van der Waals surface area contributed by atoms with Gasteiger partial charge in [0.15, 0.2) is 0 Å². The van der Waals surface area contributed by atoms with Crippen LogP contribution in [0.4, 0.5) is 0 Å². The number of nitrogens with zero attached hydrogens (tertiary/aromatic N) is 3. The number of hydrogen-bond donors (Lipinski definition) is 1. The van der Waals surface area contributed by atoms with Crippen LogP contribution in [0.15, 0.2) is 67.1 Å². The van der Waals surface area contributed by atoms with Gasteiger partial charge in [-0.2, -0.15) is 0 Å². The molecule has 0 atom stereocenters. The van der Waals surface area contributed by atoms with Crippen molar-refractivity contribution < 1.29 is 4.79 Å². The Kier molecular flexibility index (Phi) is 4.79. The molecule has 0 radical (unpaired) electrons. The van der Waals surface area contributed by atoms with Gasteiger partial charge in [-0.15, -0.1) is 0 Å². The molecule has 0 bridgehead atoms. The molecule has 1 N–H and O–H groups in total. The second-order valence-corrected chi connectivity index (χ2v) is 6.81. The quantitative estimate of drug-likeness (QED) is 0.546. The molecule has 27 heavy (non-hydrogen) atoms. The van der Waals surface area contributed by atoms with Crippen LogP contribution in [0.25, 0.3) is 16.8 Å². The van der Waals surface area contributed by atoms with E-state index in [1.165, 1.54) is 0 Å². The lowest BCUT2D eigenvalue weighted by Crippen LogP contribution is -2.25. The van der Waals surface area contributed by atoms with E-state index >= 15 is 0 Å². The summed E-state index contributed by atoms with van der Waals surface area (Å²) in [5.41, 5.74) is 3.10. The summed E-state index contributed by atoms with van der Waals surface area (Å²) in [5, 5.41) is 3.90. The first-order valence-corrected chi connectivity index (χ1v) is 8.98. The second kappa shape index (κ2) is 7.39. The minimum Gasteiger partial charge on any atom is -0.345 e. The summed E-state index contributed by atoms with van der Waals surface area (Å²) in [6.45, 7) is 0.368. The topological polar surface area (TPSA) is 59.3 Å². The van der Waals surface area contributed by atoms with Crippen molar-refractivity contribution in [2.45, 2.75) is 6.54 Å². The summed E-state index contributed by atoms with van der Waals surface area (Å²) < 4.78 is 1.75. The summed E-state index contributed by atoms with van der Waals surface area (Å²) >= 11 is 12.3. The Morgan fingerprint density at radius 1 is 1.07 bits per heavy atom. The Bertz CT molecular complexity index is 1110. The first-order chi connectivity index (χ1) is 13.1. The number of nitrogens with one attached hydrogen (secondary N) is 1. The van der Waals surface area contributed by atoms with Crippen LogP contribution < -0.4 is 5.32 Å². The van der Waals surface area contributed by atoms with Gasteiger partial charge in [0.25, 0.3) is 5.91 Å². The van der Waals surface area contributed by atoms with Gasteiger partial charge in [0.2, 0.25) is 5.82 Å². The first kappa shape index (κ1) is 17.5. The van der Waals surface area contributed by atoms with Crippen LogP contribution in [0.1, 0.15) is 16.2 Å². The maximum atomic E-state index is 12.7. The molecule has 4 rings (SSSR count). The van der Waals surface area contributed by atoms with E-state index in [1.807, 2.05) is 30.3 Å². The van der Waals surface area contributed by atoms with Gasteiger partial charge < -0.3 is 5.32 Å². The van der Waals surface area contributed by atoms with Crippen molar-refractivity contribution in [3.8, 4) is 11.3 Å². The number of carbonyl (C=O) groups is 1. The summed E-state index contributed by atoms with van der Waals surface area (Å²) in [6, 6.07) is 14.6. The largest absolute Gasteiger partial charge is 0.345 e. The molecule has 4 aromatic rings. The molecule has 134 valence electrons. The summed E-state index contributed by atoms with van der Waals surface area (Å²) in [7, 11) is 0. The number of rotatable bonds is 4. The highest BCUT2D eigenvalue weighted by Crippen LogP contribution is 2.30. The Morgan fingerprint density at radius 3 is 2.63 bits per heavy atom. The number of fused-ring (bicyclic) bond motifs is 1. The summed E-state index contributed by atoms with van der Waals surface area (Å²) in [4.78, 5) is 21.4. The molecule has 5 nitrogen and oxygen atoms in total. The number of aromatic nitrogens is 3. The zero-order chi connectivity index (χ0) is 18.8. The maximum absolute atomic E-state index is 12.7. The van der Waals surface area contributed by atoms with E-state index in [2.05, 4.69) is 15.3 Å². The fourth-order valence-corrected chi connectivity index (χ4v) is 3.39. The number of benzene rings is 1. The fourth-order valence-electron chi connectivity index (χ4n) is 2.87. The molecule has 1 aromatic carbocycles. The standard InChI is InChI=1S/C20H14Cl2N4O/c21-15-8-14(9-16(22)10-15)18-17-5-1-2-7-26(17)19(25-18)20(27)24-12-13-4-3-6-23-11-13/h1-11H,12H2,(H,24,27). The van der Waals surface area contributed by atoms with E-state index in [0.29, 0.717) is 28.1 Å². The average Bonchev–Trinajstić information content (AvgIpc) is 3.06. The molecule has 0 spiro atoms. The third-order valence-corrected chi connectivity index (χ3v) is 4.50. The van der Waals surface area contributed by atoms with Crippen LogP contribution in [0.5, 0.6) is 0 Å². The van der Waals surface area contributed by atoms with E-state index in [1.54, 1.807) is 41.2 Å². The predicted octanol–water partition coefficient (Wildman–Crippen LogP) is 4.63. The van der Waals surface area contributed by atoms with Crippen molar-refractivity contribution in [2.75, 3.05) is 0 Å². The van der Waals surface area contributed by atoms with E-state index in [4.69, 9.17) is 23.2 Å². The molecular formula is C20H14Cl2N4O. The van der Waals surface area contributed by atoms with Crippen molar-refractivity contribution in [3.05, 3.63) is 88.6 Å². The maximum Gasteiger partial charge on any atom is 0.287 e. The van der Waals surface area contributed by atoms with Gasteiger partial charge in [-0.25, -0.2) is 4.98 Å². The zero-order valence-electron chi connectivity index (χ0n) is 14.1. The molecule has 0 saturated heterocycles. The van der Waals surface area contributed by atoms with Gasteiger partial charge in [-0.05, 0) is 42.0 Å². The number of amides is 1. The number of hydrogen-bond acceptors (Lipinski definition) is 3. The normalized spacial score (nSPS) is 10.9. The molecule has 7 heteroatoms. The summed E-state index contributed by atoms with van der Waals surface area (Å²) in [6.07, 6.45) is 5.20. The van der Waals surface area contributed by atoms with Gasteiger partial charge in [-0.3, -0.25) is 14.2 Å². The van der Waals surface area contributed by atoms with Crippen molar-refractivity contribution in [3.63, 3.8) is 0 Å². The highest BCUT2D eigenvalue weighted by molar-refractivity contribution is 6.35. The highest BCUT2D eigenvalue weighted by Gasteiger charge is 2.18. The van der Waals surface area contributed by atoms with Crippen LogP contribution in [0.3, 0.4) is 0 Å². The fraction of sp³-hybridized carbons (Fsp3) is 0.0500. The zero-order valence-corrected chi connectivity index (χ0v) is 15.6. The Hall–Kier alpha value is -2.89. The third-order valence-electron chi connectivity index (χ3n) is 4.06. The van der Waals surface area contributed by atoms with Crippen molar-refractivity contribution in [1.29, 1.82) is 0 Å². The molecule has 3 heterocycles. The SMILES string of the molecule is O=C(NCc1cccnc1)c1nc(-c2cc(Cl)cc(Cl)c2)c2ccccn12. The predicted molar refractivity (Wildman–Crippen MR) is 106 cm³/mol. The molecule has 0 aliphatic rings. The number of imidazole rings is 1. The molecular weight excluding hydrogens is 383 g/mol. The first-order valence-electron chi connectivity index (χ1n) is 8.22. The van der Waals surface area contributed by atoms with Gasteiger partial charge in [0.05, 0.1) is 11.2 Å². The van der Waals surface area contributed by atoms with Crippen LogP contribution in [-0.2, 0) is 6.54 Å². The van der Waals surface area contributed by atoms with Gasteiger partial charge in [-0.1, -0.05) is 35.3 Å². The minimum atomic E-state index is -0.278. The van der Waals surface area contributed by atoms with Crippen LogP contribution in [-0.4, -0.2) is 20.3 Å². The van der Waals surface area contributed by atoms with Crippen LogP contribution in [0.2, 0.25) is 10.0 Å². The summed E-state index contributed by atoms with van der Waals surface area (Å²) in [5.74, 6) is 0.0139. The second-order valence-electron chi connectivity index (χ2n) is 5.94. The van der Waals surface area contributed by atoms with Crippen molar-refractivity contribution in [2.24, 2.45) is 0 Å².